The van der Waals surface area contributed by atoms with Crippen LogP contribution in [0.15, 0.2) is 94.6 Å². The number of fused-ring (bicyclic) bond motifs is 5. The van der Waals surface area contributed by atoms with Crippen molar-refractivity contribution in [1.82, 2.24) is 0 Å². The van der Waals surface area contributed by atoms with Crippen LogP contribution in [0.2, 0.25) is 0 Å². The number of hydrogen-bond donors (Lipinski definition) is 0. The maximum atomic E-state index is 2.57. The SMILES string of the molecule is CC1=CC2C(=C1C(C)(C)C1c3ccccc3-c3ccccc31)C=CC1=C2CCCC1. The van der Waals surface area contributed by atoms with E-state index in [1.54, 1.807) is 22.3 Å². The minimum atomic E-state index is 0.0322. The summed E-state index contributed by atoms with van der Waals surface area (Å²) in [5, 5.41) is 0. The minimum Gasteiger partial charge on any atom is -0.0697 e. The van der Waals surface area contributed by atoms with Crippen LogP contribution in [0.1, 0.15) is 63.5 Å². The van der Waals surface area contributed by atoms with E-state index >= 15 is 0 Å². The monoisotopic (exact) mass is 390 g/mol. The van der Waals surface area contributed by atoms with Crippen molar-refractivity contribution in [3.63, 3.8) is 0 Å². The van der Waals surface area contributed by atoms with Crippen LogP contribution in [-0.4, -0.2) is 0 Å². The topological polar surface area (TPSA) is 0 Å². The highest BCUT2D eigenvalue weighted by molar-refractivity contribution is 5.80. The second kappa shape index (κ2) is 6.45. The molecule has 0 bridgehead atoms. The lowest BCUT2D eigenvalue weighted by Crippen LogP contribution is -2.26. The van der Waals surface area contributed by atoms with E-state index in [1.165, 1.54) is 53.5 Å². The van der Waals surface area contributed by atoms with Crippen molar-refractivity contribution in [1.29, 1.82) is 0 Å². The molecule has 0 N–H and O–H groups in total. The molecule has 2 aromatic carbocycles. The van der Waals surface area contributed by atoms with Crippen LogP contribution in [0.4, 0.5) is 0 Å². The largest absolute Gasteiger partial charge is 0.0697 e. The van der Waals surface area contributed by atoms with Crippen LogP contribution >= 0.6 is 0 Å². The average Bonchev–Trinajstić information content (AvgIpc) is 3.29. The summed E-state index contributed by atoms with van der Waals surface area (Å²) < 4.78 is 0. The maximum absolute atomic E-state index is 2.57. The molecule has 0 heterocycles. The average molecular weight is 391 g/mol. The Labute approximate surface area is 180 Å². The van der Waals surface area contributed by atoms with Gasteiger partial charge < -0.3 is 0 Å². The van der Waals surface area contributed by atoms with Gasteiger partial charge in [-0.3, -0.25) is 0 Å². The number of hydrogen-bond acceptors (Lipinski definition) is 0. The fourth-order valence-corrected chi connectivity index (χ4v) is 6.93. The number of rotatable bonds is 2. The molecule has 150 valence electrons. The van der Waals surface area contributed by atoms with E-state index in [0.29, 0.717) is 11.8 Å². The summed E-state index contributed by atoms with van der Waals surface area (Å²) in [6, 6.07) is 18.1. The lowest BCUT2D eigenvalue weighted by atomic mass is 9.66. The molecular weight excluding hydrogens is 360 g/mol. The van der Waals surface area contributed by atoms with Gasteiger partial charge in [-0.2, -0.15) is 0 Å². The summed E-state index contributed by atoms with van der Waals surface area (Å²) in [6.07, 6.45) is 12.7. The summed E-state index contributed by atoms with van der Waals surface area (Å²) >= 11 is 0. The summed E-state index contributed by atoms with van der Waals surface area (Å²) in [5.74, 6) is 0.913. The first-order chi connectivity index (χ1) is 14.6. The van der Waals surface area contributed by atoms with Gasteiger partial charge >= 0.3 is 0 Å². The van der Waals surface area contributed by atoms with Crippen molar-refractivity contribution in [2.24, 2.45) is 11.3 Å². The van der Waals surface area contributed by atoms with Crippen LogP contribution in [-0.2, 0) is 0 Å². The molecule has 4 aliphatic carbocycles. The van der Waals surface area contributed by atoms with Gasteiger partial charge in [0.25, 0.3) is 0 Å². The Bertz CT molecular complexity index is 1130. The van der Waals surface area contributed by atoms with E-state index in [-0.39, 0.29) is 5.41 Å². The standard InChI is InChI=1S/C30H30/c1-19-18-27-21-11-5-4-10-20(21)16-17-26(27)28(19)30(2,3)29-24-14-8-6-12-22(24)23-13-7-9-15-25(23)29/h6-9,12-18,27,29H,4-5,10-11H2,1-3H3. The van der Waals surface area contributed by atoms with Crippen LogP contribution in [0, 0.1) is 11.3 Å². The lowest BCUT2D eigenvalue weighted by Gasteiger charge is -2.37. The number of benzene rings is 2. The minimum absolute atomic E-state index is 0.0322. The van der Waals surface area contributed by atoms with Crippen LogP contribution < -0.4 is 0 Å². The molecule has 6 rings (SSSR count). The van der Waals surface area contributed by atoms with E-state index in [0.717, 1.165) is 0 Å². The predicted octanol–water partition coefficient (Wildman–Crippen LogP) is 8.14. The first-order valence-corrected chi connectivity index (χ1v) is 11.6. The fraction of sp³-hybridized carbons (Fsp3) is 0.333. The summed E-state index contributed by atoms with van der Waals surface area (Å²) in [6.45, 7) is 7.32. The smallest absolute Gasteiger partial charge is 0.0242 e. The molecule has 0 spiro atoms. The molecular formula is C30H30. The summed E-state index contributed by atoms with van der Waals surface area (Å²) in [7, 11) is 0. The molecule has 0 saturated carbocycles. The highest BCUT2D eigenvalue weighted by Gasteiger charge is 2.45. The second-order valence-corrected chi connectivity index (χ2v) is 10.1. The van der Waals surface area contributed by atoms with Crippen LogP contribution in [0.3, 0.4) is 0 Å². The van der Waals surface area contributed by atoms with Crippen molar-refractivity contribution in [2.45, 2.75) is 52.4 Å². The Morgan fingerprint density at radius 3 is 2.13 bits per heavy atom. The molecule has 1 unspecified atom stereocenters. The zero-order valence-electron chi connectivity index (χ0n) is 18.3. The van der Waals surface area contributed by atoms with Gasteiger partial charge in [0.1, 0.15) is 0 Å². The van der Waals surface area contributed by atoms with Crippen LogP contribution in [0.5, 0.6) is 0 Å². The van der Waals surface area contributed by atoms with Gasteiger partial charge in [0.05, 0.1) is 0 Å². The predicted molar refractivity (Wildman–Crippen MR) is 126 cm³/mol. The second-order valence-electron chi connectivity index (χ2n) is 10.1. The Morgan fingerprint density at radius 1 is 0.800 bits per heavy atom. The third-order valence-electron chi connectivity index (χ3n) is 8.03. The summed E-state index contributed by atoms with van der Waals surface area (Å²) in [5.41, 5.74) is 13.8. The zero-order chi connectivity index (χ0) is 20.5. The third-order valence-corrected chi connectivity index (χ3v) is 8.03. The van der Waals surface area contributed by atoms with E-state index in [1.807, 2.05) is 0 Å². The van der Waals surface area contributed by atoms with Gasteiger partial charge in [-0.1, -0.05) is 91.8 Å². The van der Waals surface area contributed by atoms with Gasteiger partial charge in [-0.25, -0.2) is 0 Å². The lowest BCUT2D eigenvalue weighted by molar-refractivity contribution is 0.396. The molecule has 30 heavy (non-hydrogen) atoms. The molecule has 4 aliphatic rings. The molecule has 0 saturated heterocycles. The van der Waals surface area contributed by atoms with E-state index in [4.69, 9.17) is 0 Å². The van der Waals surface area contributed by atoms with Gasteiger partial charge in [-0.05, 0) is 71.6 Å². The Hall–Kier alpha value is -2.60. The molecule has 0 heteroatoms. The first-order valence-electron chi connectivity index (χ1n) is 11.6. The van der Waals surface area contributed by atoms with Crippen molar-refractivity contribution in [3.8, 4) is 11.1 Å². The van der Waals surface area contributed by atoms with Crippen molar-refractivity contribution < 1.29 is 0 Å². The molecule has 2 aromatic rings. The van der Waals surface area contributed by atoms with Crippen molar-refractivity contribution in [2.75, 3.05) is 0 Å². The molecule has 0 radical (unpaired) electrons. The Balaban J connectivity index is 1.53. The molecule has 0 amide bonds. The third kappa shape index (κ3) is 2.40. The summed E-state index contributed by atoms with van der Waals surface area (Å²) in [4.78, 5) is 0. The first kappa shape index (κ1) is 18.2. The van der Waals surface area contributed by atoms with E-state index in [9.17, 15) is 0 Å². The van der Waals surface area contributed by atoms with E-state index < -0.39 is 0 Å². The molecule has 1 atom stereocenters. The molecule has 0 aromatic heterocycles. The van der Waals surface area contributed by atoms with Crippen molar-refractivity contribution in [3.05, 3.63) is 106 Å². The van der Waals surface area contributed by atoms with Crippen molar-refractivity contribution >= 4 is 0 Å². The van der Waals surface area contributed by atoms with Gasteiger partial charge in [0, 0.05) is 17.3 Å². The quantitative estimate of drug-likeness (QED) is 0.485. The molecule has 0 fully saturated rings. The normalized spacial score (nSPS) is 22.6. The maximum Gasteiger partial charge on any atom is 0.0242 e. The van der Waals surface area contributed by atoms with Crippen LogP contribution in [0.25, 0.3) is 11.1 Å². The Morgan fingerprint density at radius 2 is 1.43 bits per heavy atom. The number of allylic oxidation sites excluding steroid dienone is 8. The zero-order valence-corrected chi connectivity index (χ0v) is 18.3. The highest BCUT2D eigenvalue weighted by atomic mass is 14.5. The fourth-order valence-electron chi connectivity index (χ4n) is 6.93. The highest BCUT2D eigenvalue weighted by Crippen LogP contribution is 2.59. The van der Waals surface area contributed by atoms with Gasteiger partial charge in [0.2, 0.25) is 0 Å². The molecule has 0 aliphatic heterocycles. The Kier molecular flexibility index (Phi) is 3.91. The van der Waals surface area contributed by atoms with Gasteiger partial charge in [-0.15, -0.1) is 0 Å². The van der Waals surface area contributed by atoms with Gasteiger partial charge in [0.15, 0.2) is 0 Å². The molecule has 0 nitrogen and oxygen atoms in total. The van der Waals surface area contributed by atoms with E-state index in [2.05, 4.69) is 87.5 Å².